The monoisotopic (exact) mass is 270 g/mol. The van der Waals surface area contributed by atoms with Crippen LogP contribution in [0.25, 0.3) is 0 Å². The summed E-state index contributed by atoms with van der Waals surface area (Å²) in [7, 11) is 1.11. The van der Waals surface area contributed by atoms with Gasteiger partial charge in [0.05, 0.1) is 20.3 Å². The van der Waals surface area contributed by atoms with Crippen molar-refractivity contribution in [1.29, 1.82) is 0 Å². The Bertz CT molecular complexity index is 301. The van der Waals surface area contributed by atoms with Gasteiger partial charge in [-0.1, -0.05) is 0 Å². The number of primary amides is 1. The van der Waals surface area contributed by atoms with E-state index in [1.54, 1.807) is 13.8 Å². The molecule has 0 radical (unpaired) electrons. The molecule has 0 atom stereocenters. The number of methoxy groups -OCH3 is 1. The number of carbonyl (C=O) groups is 2. The Balaban J connectivity index is 5.17. The number of ether oxygens (including phenoxy) is 1. The molecule has 0 saturated carbocycles. The van der Waals surface area contributed by atoms with Crippen molar-refractivity contribution in [3.63, 3.8) is 0 Å². The van der Waals surface area contributed by atoms with E-state index in [1.165, 1.54) is 0 Å². The molecule has 0 heterocycles. The lowest BCUT2D eigenvalue weighted by molar-refractivity contribution is 0.140. The van der Waals surface area contributed by atoms with E-state index in [0.29, 0.717) is 4.67 Å². The van der Waals surface area contributed by atoms with Crippen molar-refractivity contribution in [2.75, 3.05) is 20.3 Å². The van der Waals surface area contributed by atoms with E-state index < -0.39 is 18.8 Å². The van der Waals surface area contributed by atoms with Crippen LogP contribution in [0.5, 0.6) is 0 Å². The maximum Gasteiger partial charge on any atom is 0.425 e. The summed E-state index contributed by atoms with van der Waals surface area (Å²) in [4.78, 5) is 22.5. The third-order valence-corrected chi connectivity index (χ3v) is 4.53. The van der Waals surface area contributed by atoms with Gasteiger partial charge >= 0.3 is 18.8 Å². The zero-order valence-electron chi connectivity index (χ0n) is 9.34. The van der Waals surface area contributed by atoms with E-state index in [0.717, 1.165) is 7.11 Å². The summed E-state index contributed by atoms with van der Waals surface area (Å²) >= 11 is 5.03. The van der Waals surface area contributed by atoms with E-state index >= 15 is 0 Å². The molecule has 0 fully saturated rings. The molecule has 0 aliphatic carbocycles. The molecule has 0 bridgehead atoms. The Kier molecular flexibility index (Phi) is 6.51. The highest BCUT2D eigenvalue weighted by Gasteiger charge is 2.37. The van der Waals surface area contributed by atoms with Crippen LogP contribution in [-0.2, 0) is 25.6 Å². The molecule has 9 heteroatoms. The van der Waals surface area contributed by atoms with Gasteiger partial charge in [-0.3, -0.25) is 0 Å². The summed E-state index contributed by atoms with van der Waals surface area (Å²) in [5.41, 5.74) is 5.05. The van der Waals surface area contributed by atoms with Gasteiger partial charge in [-0.05, 0) is 25.7 Å². The predicted molar refractivity (Wildman–Crippen MR) is 61.4 cm³/mol. The van der Waals surface area contributed by atoms with Crippen molar-refractivity contribution >= 4 is 30.6 Å². The first-order valence-corrected chi connectivity index (χ1v) is 7.09. The van der Waals surface area contributed by atoms with Gasteiger partial charge in [-0.25, -0.2) is 9.59 Å². The van der Waals surface area contributed by atoms with Crippen LogP contribution < -0.4 is 5.73 Å². The van der Waals surface area contributed by atoms with Gasteiger partial charge in [0.2, 0.25) is 0 Å². The normalized spacial score (nSPS) is 10.9. The summed E-state index contributed by atoms with van der Waals surface area (Å²) in [6.07, 6.45) is -0.988. The molecule has 0 unspecified atom stereocenters. The Morgan fingerprint density at radius 2 is 1.75 bits per heavy atom. The molecule has 0 aliphatic heterocycles. The van der Waals surface area contributed by atoms with Gasteiger partial charge in [-0.2, -0.15) is 4.67 Å². The smallest absolute Gasteiger partial charge is 0.425 e. The maximum absolute atomic E-state index is 11.4. The maximum atomic E-state index is 11.4. The molecule has 7 nitrogen and oxygen atoms in total. The minimum atomic E-state index is -3.24. The number of hydrogen-bond acceptors (Lipinski definition) is 6. The van der Waals surface area contributed by atoms with Crippen LogP contribution in [0, 0.1) is 0 Å². The van der Waals surface area contributed by atoms with Crippen molar-refractivity contribution < 1.29 is 23.4 Å². The molecule has 0 aliphatic rings. The number of imide groups is 1. The standard InChI is InChI=1S/C7H15N2O5PS/c1-4-13-15(16,14-5-2)9(6(8)10)7(11)12-3/h4-5H2,1-3H3,(H2,8,10). The zero-order chi connectivity index (χ0) is 12.8. The molecular weight excluding hydrogens is 255 g/mol. The van der Waals surface area contributed by atoms with Crippen molar-refractivity contribution in [3.8, 4) is 0 Å². The van der Waals surface area contributed by atoms with Gasteiger partial charge in [0.1, 0.15) is 0 Å². The lowest BCUT2D eigenvalue weighted by Gasteiger charge is -2.28. The largest absolute Gasteiger partial charge is 0.452 e. The van der Waals surface area contributed by atoms with Crippen LogP contribution >= 0.6 is 6.64 Å². The molecule has 94 valence electrons. The Morgan fingerprint density at radius 1 is 1.31 bits per heavy atom. The highest BCUT2D eigenvalue weighted by Crippen LogP contribution is 2.52. The Labute approximate surface area is 99.0 Å². The first-order chi connectivity index (χ1) is 7.42. The topological polar surface area (TPSA) is 91.1 Å². The zero-order valence-corrected chi connectivity index (χ0v) is 11.0. The Morgan fingerprint density at radius 3 is 2.00 bits per heavy atom. The van der Waals surface area contributed by atoms with Crippen LogP contribution in [-0.4, -0.2) is 37.1 Å². The number of amides is 3. The molecule has 2 N–H and O–H groups in total. The fourth-order valence-electron chi connectivity index (χ4n) is 0.876. The highest BCUT2D eigenvalue weighted by atomic mass is 32.5. The van der Waals surface area contributed by atoms with Crippen LogP contribution in [0.3, 0.4) is 0 Å². The summed E-state index contributed by atoms with van der Waals surface area (Å²) in [5, 5.41) is 0. The summed E-state index contributed by atoms with van der Waals surface area (Å²) in [5.74, 6) is 0. The minimum absolute atomic E-state index is 0.193. The SMILES string of the molecule is CCOP(=S)(OCC)N(C(N)=O)C(=O)OC. The lowest BCUT2D eigenvalue weighted by atomic mass is 10.9. The van der Waals surface area contributed by atoms with Gasteiger partial charge in [0, 0.05) is 0 Å². The van der Waals surface area contributed by atoms with Crippen molar-refractivity contribution in [2.24, 2.45) is 5.73 Å². The Hall–Kier alpha value is -0.690. The number of carbonyl (C=O) groups excluding carboxylic acids is 2. The summed E-state index contributed by atoms with van der Waals surface area (Å²) < 4.78 is 15.2. The molecule has 0 spiro atoms. The molecule has 0 aromatic carbocycles. The third kappa shape index (κ3) is 3.71. The van der Waals surface area contributed by atoms with Crippen LogP contribution in [0.1, 0.15) is 13.8 Å². The molecule has 3 amide bonds. The number of nitrogens with zero attached hydrogens (tertiary/aromatic N) is 1. The van der Waals surface area contributed by atoms with E-state index in [-0.39, 0.29) is 13.2 Å². The van der Waals surface area contributed by atoms with E-state index in [2.05, 4.69) is 4.74 Å². The molecular formula is C7H15N2O5PS. The average molecular weight is 270 g/mol. The second-order valence-corrected chi connectivity index (χ2v) is 5.66. The average Bonchev–Trinajstić information content (AvgIpc) is 2.17. The fourth-order valence-corrected chi connectivity index (χ4v) is 3.43. The second kappa shape index (κ2) is 6.80. The molecule has 0 rings (SSSR count). The third-order valence-electron chi connectivity index (χ3n) is 1.39. The summed E-state index contributed by atoms with van der Waals surface area (Å²) in [6.45, 7) is 0.471. The van der Waals surface area contributed by atoms with Gasteiger partial charge < -0.3 is 19.5 Å². The molecule has 16 heavy (non-hydrogen) atoms. The highest BCUT2D eigenvalue weighted by molar-refractivity contribution is 8.09. The summed E-state index contributed by atoms with van der Waals surface area (Å²) in [6, 6.07) is -1.06. The van der Waals surface area contributed by atoms with E-state index in [4.69, 9.17) is 26.6 Å². The number of nitrogens with two attached hydrogens (primary N) is 1. The molecule has 0 saturated heterocycles. The van der Waals surface area contributed by atoms with Gasteiger partial charge in [0.15, 0.2) is 0 Å². The second-order valence-electron chi connectivity index (χ2n) is 2.42. The number of rotatable bonds is 5. The van der Waals surface area contributed by atoms with Crippen molar-refractivity contribution in [3.05, 3.63) is 0 Å². The molecule has 0 aromatic heterocycles. The fraction of sp³-hybridized carbons (Fsp3) is 0.714. The van der Waals surface area contributed by atoms with E-state index in [1.807, 2.05) is 0 Å². The van der Waals surface area contributed by atoms with Crippen LogP contribution in [0.4, 0.5) is 9.59 Å². The minimum Gasteiger partial charge on any atom is -0.452 e. The van der Waals surface area contributed by atoms with Crippen LogP contribution in [0.2, 0.25) is 0 Å². The number of hydrogen-bond donors (Lipinski definition) is 1. The lowest BCUT2D eigenvalue weighted by Crippen LogP contribution is -2.39. The van der Waals surface area contributed by atoms with Crippen molar-refractivity contribution in [2.45, 2.75) is 13.8 Å². The first kappa shape index (κ1) is 15.3. The van der Waals surface area contributed by atoms with Gasteiger partial charge in [0.25, 0.3) is 0 Å². The first-order valence-electron chi connectivity index (χ1n) is 4.50. The van der Waals surface area contributed by atoms with E-state index in [9.17, 15) is 9.59 Å². The van der Waals surface area contributed by atoms with Gasteiger partial charge in [-0.15, -0.1) is 0 Å². The quantitative estimate of drug-likeness (QED) is 0.760. The van der Waals surface area contributed by atoms with Crippen LogP contribution in [0.15, 0.2) is 0 Å². The number of urea groups is 1. The predicted octanol–water partition coefficient (Wildman–Crippen LogP) is 1.43. The van der Waals surface area contributed by atoms with Crippen molar-refractivity contribution in [1.82, 2.24) is 4.67 Å². The molecule has 0 aromatic rings.